The number of nitrogen functional groups attached to an aromatic ring is 1. The summed E-state index contributed by atoms with van der Waals surface area (Å²) in [5.74, 6) is -4.09. The van der Waals surface area contributed by atoms with Crippen molar-refractivity contribution >= 4 is 26.7 Å². The average molecular weight is 280 g/mol. The lowest BCUT2D eigenvalue weighted by molar-refractivity contribution is -0.148. The molecule has 8 heteroatoms. The van der Waals surface area contributed by atoms with Crippen molar-refractivity contribution in [2.24, 2.45) is 0 Å². The Morgan fingerprint density at radius 3 is 2.78 bits per heavy atom. The number of halogens is 4. The molecule has 0 atom stereocenters. The van der Waals surface area contributed by atoms with Gasteiger partial charge in [0, 0.05) is 0 Å². The average Bonchev–Trinajstić information content (AvgIpc) is 2.65. The predicted octanol–water partition coefficient (Wildman–Crippen LogP) is 3.16. The Morgan fingerprint density at radius 2 is 2.11 bits per heavy atom. The van der Waals surface area contributed by atoms with Crippen LogP contribution in [0.25, 0.3) is 10.2 Å². The Hall–Kier alpha value is -1.57. The van der Waals surface area contributed by atoms with E-state index in [4.69, 9.17) is 5.73 Å². The predicted molar refractivity (Wildman–Crippen MR) is 60.5 cm³/mol. The molecule has 0 amide bonds. The summed E-state index contributed by atoms with van der Waals surface area (Å²) in [5.41, 5.74) is 6.07. The minimum atomic E-state index is -4.16. The highest BCUT2D eigenvalue weighted by atomic mass is 32.1. The smallest absolute Gasteiger partial charge is 0.340 e. The molecule has 0 aliphatic rings. The molecule has 0 aliphatic carbocycles. The van der Waals surface area contributed by atoms with E-state index in [0.29, 0.717) is 15.3 Å². The fraction of sp³-hybridized carbons (Fsp3) is 0.300. The van der Waals surface area contributed by atoms with E-state index in [9.17, 15) is 17.6 Å². The van der Waals surface area contributed by atoms with Gasteiger partial charge >= 0.3 is 12.3 Å². The zero-order chi connectivity index (χ0) is 13.3. The first-order chi connectivity index (χ1) is 8.38. The van der Waals surface area contributed by atoms with Gasteiger partial charge in [0.15, 0.2) is 11.7 Å². The van der Waals surface area contributed by atoms with Crippen molar-refractivity contribution in [3.63, 3.8) is 0 Å². The molecule has 2 aromatic rings. The molecule has 0 saturated carbocycles. The van der Waals surface area contributed by atoms with E-state index >= 15 is 0 Å². The van der Waals surface area contributed by atoms with E-state index in [-0.39, 0.29) is 5.75 Å². The number of ether oxygens (including phenoxy) is 1. The van der Waals surface area contributed by atoms with E-state index in [1.807, 2.05) is 0 Å². The van der Waals surface area contributed by atoms with Gasteiger partial charge in [-0.2, -0.15) is 8.78 Å². The Balaban J connectivity index is 2.12. The molecule has 3 nitrogen and oxygen atoms in total. The lowest BCUT2D eigenvalue weighted by Crippen LogP contribution is -2.33. The Kier molecular flexibility index (Phi) is 3.29. The van der Waals surface area contributed by atoms with Crippen LogP contribution in [-0.4, -0.2) is 23.9 Å². The van der Waals surface area contributed by atoms with Crippen molar-refractivity contribution in [1.82, 2.24) is 4.98 Å². The second kappa shape index (κ2) is 4.60. The second-order valence-electron chi connectivity index (χ2n) is 3.53. The van der Waals surface area contributed by atoms with Gasteiger partial charge in [-0.3, -0.25) is 0 Å². The van der Waals surface area contributed by atoms with Crippen molar-refractivity contribution in [2.75, 3.05) is 12.3 Å². The number of hydrogen-bond acceptors (Lipinski definition) is 4. The number of benzene rings is 1. The Labute approximate surface area is 103 Å². The molecule has 0 spiro atoms. The lowest BCUT2D eigenvalue weighted by atomic mass is 10.3. The highest BCUT2D eigenvalue weighted by molar-refractivity contribution is 7.22. The molecular formula is C10H8F4N2OS. The molecule has 0 unspecified atom stereocenters. The highest BCUT2D eigenvalue weighted by Gasteiger charge is 2.41. The van der Waals surface area contributed by atoms with E-state index in [1.165, 1.54) is 18.2 Å². The van der Waals surface area contributed by atoms with Gasteiger partial charge < -0.3 is 10.5 Å². The maximum atomic E-state index is 12.6. The molecule has 0 saturated heterocycles. The largest absolute Gasteiger partial charge is 0.487 e. The molecule has 0 bridgehead atoms. The molecule has 18 heavy (non-hydrogen) atoms. The monoisotopic (exact) mass is 280 g/mol. The zero-order valence-electron chi connectivity index (χ0n) is 8.87. The SMILES string of the molecule is Nc1nc2ccc(OCC(F)(F)C(F)F)cc2s1. The third kappa shape index (κ3) is 2.63. The first-order valence-corrected chi connectivity index (χ1v) is 5.65. The number of hydrogen-bond donors (Lipinski definition) is 1. The van der Waals surface area contributed by atoms with Crippen LogP contribution >= 0.6 is 11.3 Å². The molecule has 2 N–H and O–H groups in total. The van der Waals surface area contributed by atoms with Gasteiger partial charge in [0.25, 0.3) is 0 Å². The zero-order valence-corrected chi connectivity index (χ0v) is 9.69. The number of alkyl halides is 4. The molecule has 2 rings (SSSR count). The van der Waals surface area contributed by atoms with Crippen molar-refractivity contribution in [3.05, 3.63) is 18.2 Å². The van der Waals surface area contributed by atoms with Crippen LogP contribution in [0.15, 0.2) is 18.2 Å². The Morgan fingerprint density at radius 1 is 1.39 bits per heavy atom. The van der Waals surface area contributed by atoms with Gasteiger partial charge in [0.1, 0.15) is 5.75 Å². The first kappa shape index (κ1) is 12.9. The maximum Gasteiger partial charge on any atom is 0.340 e. The number of nitrogens with two attached hydrogens (primary N) is 1. The van der Waals surface area contributed by atoms with Crippen LogP contribution < -0.4 is 10.5 Å². The lowest BCUT2D eigenvalue weighted by Gasteiger charge is -2.15. The van der Waals surface area contributed by atoms with Gasteiger partial charge in [0.05, 0.1) is 10.2 Å². The summed E-state index contributed by atoms with van der Waals surface area (Å²) >= 11 is 1.16. The quantitative estimate of drug-likeness (QED) is 0.875. The van der Waals surface area contributed by atoms with E-state index < -0.39 is 19.0 Å². The molecule has 1 aromatic heterocycles. The maximum absolute atomic E-state index is 12.6. The van der Waals surface area contributed by atoms with E-state index in [0.717, 1.165) is 11.3 Å². The molecule has 0 aliphatic heterocycles. The van der Waals surface area contributed by atoms with Gasteiger partial charge in [-0.05, 0) is 18.2 Å². The fourth-order valence-corrected chi connectivity index (χ4v) is 2.02. The molecule has 1 heterocycles. The van der Waals surface area contributed by atoms with Crippen molar-refractivity contribution in [2.45, 2.75) is 12.3 Å². The number of thiazole rings is 1. The molecule has 98 valence electrons. The third-order valence-corrected chi connectivity index (χ3v) is 2.97. The fourth-order valence-electron chi connectivity index (χ4n) is 1.26. The minimum absolute atomic E-state index is 0.0754. The Bertz CT molecular complexity index is 558. The molecular weight excluding hydrogens is 272 g/mol. The normalized spacial score (nSPS) is 12.3. The van der Waals surface area contributed by atoms with Crippen LogP contribution in [0.5, 0.6) is 5.75 Å². The number of nitrogens with zero attached hydrogens (tertiary/aromatic N) is 1. The molecule has 0 radical (unpaired) electrons. The summed E-state index contributed by atoms with van der Waals surface area (Å²) in [5, 5.41) is 0.333. The van der Waals surface area contributed by atoms with Crippen LogP contribution in [0.4, 0.5) is 22.7 Å². The van der Waals surface area contributed by atoms with Gasteiger partial charge in [0.2, 0.25) is 0 Å². The van der Waals surface area contributed by atoms with Crippen molar-refractivity contribution in [1.29, 1.82) is 0 Å². The second-order valence-corrected chi connectivity index (χ2v) is 4.59. The summed E-state index contributed by atoms with van der Waals surface area (Å²) in [6.45, 7) is -1.37. The summed E-state index contributed by atoms with van der Waals surface area (Å²) < 4.78 is 54.4. The third-order valence-electron chi connectivity index (χ3n) is 2.13. The highest BCUT2D eigenvalue weighted by Crippen LogP contribution is 2.29. The van der Waals surface area contributed by atoms with E-state index in [2.05, 4.69) is 9.72 Å². The van der Waals surface area contributed by atoms with Crippen molar-refractivity contribution in [3.8, 4) is 5.75 Å². The van der Waals surface area contributed by atoms with Crippen LogP contribution in [0.1, 0.15) is 0 Å². The summed E-state index contributed by atoms with van der Waals surface area (Å²) in [7, 11) is 0. The molecule has 1 aromatic carbocycles. The summed E-state index contributed by atoms with van der Waals surface area (Å²) in [6, 6.07) is 4.34. The topological polar surface area (TPSA) is 48.1 Å². The van der Waals surface area contributed by atoms with Gasteiger partial charge in [-0.1, -0.05) is 11.3 Å². The summed E-state index contributed by atoms with van der Waals surface area (Å²) in [4.78, 5) is 3.96. The van der Waals surface area contributed by atoms with Crippen LogP contribution in [0.2, 0.25) is 0 Å². The minimum Gasteiger partial charge on any atom is -0.487 e. The standard InChI is InChI=1S/C10H8F4N2OS/c11-8(12)10(13,14)4-17-5-1-2-6-7(3-5)18-9(15)16-6/h1-3,8H,4H2,(H2,15,16). The van der Waals surface area contributed by atoms with Crippen molar-refractivity contribution < 1.29 is 22.3 Å². The number of fused-ring (bicyclic) bond motifs is 1. The van der Waals surface area contributed by atoms with Crippen LogP contribution in [0, 0.1) is 0 Å². The van der Waals surface area contributed by atoms with Gasteiger partial charge in [-0.25, -0.2) is 13.8 Å². The van der Waals surface area contributed by atoms with Crippen LogP contribution in [-0.2, 0) is 0 Å². The number of rotatable bonds is 4. The molecule has 0 fully saturated rings. The first-order valence-electron chi connectivity index (χ1n) is 4.83. The summed E-state index contributed by atoms with van der Waals surface area (Å²) in [6.07, 6.45) is -3.75. The number of aromatic nitrogens is 1. The van der Waals surface area contributed by atoms with Crippen LogP contribution in [0.3, 0.4) is 0 Å². The number of anilines is 1. The van der Waals surface area contributed by atoms with Gasteiger partial charge in [-0.15, -0.1) is 0 Å². The van der Waals surface area contributed by atoms with E-state index in [1.54, 1.807) is 0 Å².